The molecule has 19 heavy (non-hydrogen) atoms. The monoisotopic (exact) mass is 265 g/mol. The van der Waals surface area contributed by atoms with Crippen molar-refractivity contribution in [3.63, 3.8) is 0 Å². The Morgan fingerprint density at radius 2 is 1.74 bits per heavy atom. The van der Waals surface area contributed by atoms with Crippen LogP contribution in [0.5, 0.6) is 0 Å². The third kappa shape index (κ3) is 6.71. The van der Waals surface area contributed by atoms with E-state index in [0.717, 1.165) is 0 Å². The quantitative estimate of drug-likeness (QED) is 0.771. The first kappa shape index (κ1) is 16.2. The number of ether oxygens (including phenoxy) is 2. The van der Waals surface area contributed by atoms with Crippen molar-refractivity contribution in [2.45, 2.75) is 45.8 Å². The molecule has 1 aromatic rings. The highest BCUT2D eigenvalue weighted by atomic mass is 16.5. The Morgan fingerprint density at radius 1 is 1.11 bits per heavy atom. The van der Waals surface area contributed by atoms with Crippen molar-refractivity contribution in [1.29, 1.82) is 0 Å². The minimum atomic E-state index is -0.0939. The van der Waals surface area contributed by atoms with Gasteiger partial charge in [-0.05, 0) is 44.4 Å². The standard InChI is InChI=1S/C16H27NO2/c1-13(11-17)15-7-5-14(6-8-15)12-18-9-10-19-16(2,3)4/h5-8,13H,9-12,17H2,1-4H3. The van der Waals surface area contributed by atoms with Gasteiger partial charge in [-0.2, -0.15) is 0 Å². The molecule has 0 aliphatic carbocycles. The van der Waals surface area contributed by atoms with E-state index in [1.807, 2.05) is 20.8 Å². The van der Waals surface area contributed by atoms with Crippen molar-refractivity contribution >= 4 is 0 Å². The molecule has 0 spiro atoms. The lowest BCUT2D eigenvalue weighted by Gasteiger charge is -2.19. The molecule has 0 radical (unpaired) electrons. The summed E-state index contributed by atoms with van der Waals surface area (Å²) in [4.78, 5) is 0. The van der Waals surface area contributed by atoms with Crippen LogP contribution in [0.15, 0.2) is 24.3 Å². The molecule has 0 heterocycles. The second-order valence-electron chi connectivity index (χ2n) is 5.89. The molecular formula is C16H27NO2. The van der Waals surface area contributed by atoms with E-state index < -0.39 is 0 Å². The van der Waals surface area contributed by atoms with E-state index in [9.17, 15) is 0 Å². The molecule has 1 atom stereocenters. The zero-order chi connectivity index (χ0) is 14.3. The van der Waals surface area contributed by atoms with Gasteiger partial charge in [0.1, 0.15) is 0 Å². The molecule has 1 aromatic carbocycles. The molecule has 0 saturated carbocycles. The summed E-state index contributed by atoms with van der Waals surface area (Å²) >= 11 is 0. The summed E-state index contributed by atoms with van der Waals surface area (Å²) in [6.07, 6.45) is 0. The molecule has 3 nitrogen and oxygen atoms in total. The highest BCUT2D eigenvalue weighted by Gasteiger charge is 2.09. The molecule has 1 unspecified atom stereocenters. The molecule has 1 rings (SSSR count). The van der Waals surface area contributed by atoms with E-state index in [-0.39, 0.29) is 5.60 Å². The average molecular weight is 265 g/mol. The normalized spacial score (nSPS) is 13.5. The lowest BCUT2D eigenvalue weighted by molar-refractivity contribution is -0.0376. The maximum atomic E-state index is 5.65. The summed E-state index contributed by atoms with van der Waals surface area (Å²) in [5.74, 6) is 0.412. The first-order valence-electron chi connectivity index (χ1n) is 6.93. The molecule has 0 aromatic heterocycles. The molecule has 0 aliphatic rings. The van der Waals surface area contributed by atoms with Crippen LogP contribution in [-0.4, -0.2) is 25.4 Å². The zero-order valence-corrected chi connectivity index (χ0v) is 12.6. The topological polar surface area (TPSA) is 44.5 Å². The van der Waals surface area contributed by atoms with Gasteiger partial charge in [0.15, 0.2) is 0 Å². The summed E-state index contributed by atoms with van der Waals surface area (Å²) in [6, 6.07) is 8.46. The molecular weight excluding hydrogens is 238 g/mol. The third-order valence-electron chi connectivity index (χ3n) is 2.93. The Labute approximate surface area is 117 Å². The van der Waals surface area contributed by atoms with Gasteiger partial charge in [-0.25, -0.2) is 0 Å². The zero-order valence-electron chi connectivity index (χ0n) is 12.6. The Bertz CT molecular complexity index is 354. The van der Waals surface area contributed by atoms with Crippen LogP contribution in [-0.2, 0) is 16.1 Å². The molecule has 0 amide bonds. The van der Waals surface area contributed by atoms with E-state index in [4.69, 9.17) is 15.2 Å². The van der Waals surface area contributed by atoms with E-state index in [0.29, 0.717) is 32.3 Å². The minimum absolute atomic E-state index is 0.0939. The van der Waals surface area contributed by atoms with Crippen LogP contribution in [0.1, 0.15) is 44.7 Å². The number of rotatable bonds is 7. The predicted molar refractivity (Wildman–Crippen MR) is 79.3 cm³/mol. The van der Waals surface area contributed by atoms with Crippen LogP contribution in [0.2, 0.25) is 0 Å². The van der Waals surface area contributed by atoms with Crippen LogP contribution in [0.4, 0.5) is 0 Å². The Balaban J connectivity index is 2.27. The SMILES string of the molecule is CC(CN)c1ccc(COCCOC(C)(C)C)cc1. The molecule has 2 N–H and O–H groups in total. The van der Waals surface area contributed by atoms with Crippen molar-refractivity contribution in [1.82, 2.24) is 0 Å². The maximum absolute atomic E-state index is 5.65. The number of hydrogen-bond acceptors (Lipinski definition) is 3. The highest BCUT2D eigenvalue weighted by Crippen LogP contribution is 2.15. The van der Waals surface area contributed by atoms with Crippen molar-refractivity contribution < 1.29 is 9.47 Å². The summed E-state index contributed by atoms with van der Waals surface area (Å²) < 4.78 is 11.2. The van der Waals surface area contributed by atoms with E-state index >= 15 is 0 Å². The average Bonchev–Trinajstić information content (AvgIpc) is 2.37. The van der Waals surface area contributed by atoms with Crippen molar-refractivity contribution in [3.8, 4) is 0 Å². The molecule has 0 saturated heterocycles. The molecule has 0 bridgehead atoms. The summed E-state index contributed by atoms with van der Waals surface area (Å²) in [7, 11) is 0. The first-order valence-corrected chi connectivity index (χ1v) is 6.93. The Morgan fingerprint density at radius 3 is 2.26 bits per heavy atom. The summed E-state index contributed by atoms with van der Waals surface area (Å²) in [5.41, 5.74) is 8.02. The van der Waals surface area contributed by atoms with Gasteiger partial charge in [0.05, 0.1) is 25.4 Å². The fourth-order valence-corrected chi connectivity index (χ4v) is 1.68. The second kappa shape index (κ2) is 7.63. The van der Waals surface area contributed by atoms with Gasteiger partial charge in [-0.1, -0.05) is 31.2 Å². The van der Waals surface area contributed by atoms with Crippen molar-refractivity contribution in [2.75, 3.05) is 19.8 Å². The molecule has 3 heteroatoms. The van der Waals surface area contributed by atoms with E-state index in [1.165, 1.54) is 11.1 Å². The van der Waals surface area contributed by atoms with Crippen LogP contribution < -0.4 is 5.73 Å². The van der Waals surface area contributed by atoms with Crippen LogP contribution >= 0.6 is 0 Å². The highest BCUT2D eigenvalue weighted by molar-refractivity contribution is 5.24. The van der Waals surface area contributed by atoms with Gasteiger partial charge >= 0.3 is 0 Å². The van der Waals surface area contributed by atoms with Crippen molar-refractivity contribution in [2.24, 2.45) is 5.73 Å². The van der Waals surface area contributed by atoms with Gasteiger partial charge in [-0.15, -0.1) is 0 Å². The summed E-state index contributed by atoms with van der Waals surface area (Å²) in [6.45, 7) is 10.8. The van der Waals surface area contributed by atoms with Gasteiger partial charge in [0, 0.05) is 0 Å². The fourth-order valence-electron chi connectivity index (χ4n) is 1.68. The fraction of sp³-hybridized carbons (Fsp3) is 0.625. The van der Waals surface area contributed by atoms with Gasteiger partial charge in [0.25, 0.3) is 0 Å². The summed E-state index contributed by atoms with van der Waals surface area (Å²) in [5, 5.41) is 0. The van der Waals surface area contributed by atoms with Gasteiger partial charge in [0.2, 0.25) is 0 Å². The Hall–Kier alpha value is -0.900. The lowest BCUT2D eigenvalue weighted by Crippen LogP contribution is -2.21. The number of benzene rings is 1. The maximum Gasteiger partial charge on any atom is 0.0718 e. The third-order valence-corrected chi connectivity index (χ3v) is 2.93. The minimum Gasteiger partial charge on any atom is -0.374 e. The van der Waals surface area contributed by atoms with Gasteiger partial charge < -0.3 is 15.2 Å². The largest absolute Gasteiger partial charge is 0.374 e. The van der Waals surface area contributed by atoms with Crippen LogP contribution in [0.3, 0.4) is 0 Å². The molecule has 0 aliphatic heterocycles. The van der Waals surface area contributed by atoms with E-state index in [1.54, 1.807) is 0 Å². The number of nitrogens with two attached hydrogens (primary N) is 1. The Kier molecular flexibility index (Phi) is 6.49. The second-order valence-corrected chi connectivity index (χ2v) is 5.89. The predicted octanol–water partition coefficient (Wildman–Crippen LogP) is 3.08. The number of hydrogen-bond donors (Lipinski definition) is 1. The van der Waals surface area contributed by atoms with Gasteiger partial charge in [-0.3, -0.25) is 0 Å². The molecule has 108 valence electrons. The van der Waals surface area contributed by atoms with Crippen LogP contribution in [0, 0.1) is 0 Å². The molecule has 0 fully saturated rings. The lowest BCUT2D eigenvalue weighted by atomic mass is 10.0. The first-order chi connectivity index (χ1) is 8.92. The van der Waals surface area contributed by atoms with E-state index in [2.05, 4.69) is 31.2 Å². The van der Waals surface area contributed by atoms with Crippen LogP contribution in [0.25, 0.3) is 0 Å². The van der Waals surface area contributed by atoms with Crippen molar-refractivity contribution in [3.05, 3.63) is 35.4 Å². The smallest absolute Gasteiger partial charge is 0.0718 e.